The van der Waals surface area contributed by atoms with Crippen LogP contribution in [0.3, 0.4) is 0 Å². The van der Waals surface area contributed by atoms with Crippen molar-refractivity contribution in [2.45, 2.75) is 58.0 Å². The second-order valence-electron chi connectivity index (χ2n) is 6.37. The van der Waals surface area contributed by atoms with Gasteiger partial charge in [0.2, 0.25) is 0 Å². The predicted octanol–water partition coefficient (Wildman–Crippen LogP) is 3.61. The third kappa shape index (κ3) is 5.76. The molecule has 0 aliphatic carbocycles. The van der Waals surface area contributed by atoms with E-state index in [4.69, 9.17) is 0 Å². The van der Waals surface area contributed by atoms with Crippen LogP contribution < -0.4 is 5.32 Å². The summed E-state index contributed by atoms with van der Waals surface area (Å²) in [7, 11) is 0. The third-order valence-electron chi connectivity index (χ3n) is 4.39. The largest absolute Gasteiger partial charge is 0.311 e. The summed E-state index contributed by atoms with van der Waals surface area (Å²) in [5.41, 5.74) is 1.21. The number of nitrogens with one attached hydrogen (secondary N) is 1. The molecule has 118 valence electrons. The van der Waals surface area contributed by atoms with Crippen LogP contribution in [-0.4, -0.2) is 36.6 Å². The first kappa shape index (κ1) is 16.4. The van der Waals surface area contributed by atoms with Crippen LogP contribution in [0.15, 0.2) is 24.3 Å². The Hall–Kier alpha value is -0.930. The topological polar surface area (TPSA) is 15.3 Å². The van der Waals surface area contributed by atoms with E-state index in [-0.39, 0.29) is 5.82 Å². The second kappa shape index (κ2) is 8.50. The number of piperidine rings is 1. The fourth-order valence-corrected chi connectivity index (χ4v) is 3.14. The van der Waals surface area contributed by atoms with Gasteiger partial charge in [0.1, 0.15) is 5.82 Å². The second-order valence-corrected chi connectivity index (χ2v) is 6.37. The highest BCUT2D eigenvalue weighted by atomic mass is 19.1. The average Bonchev–Trinajstić information content (AvgIpc) is 2.49. The molecule has 0 spiro atoms. The van der Waals surface area contributed by atoms with Gasteiger partial charge in [-0.3, -0.25) is 0 Å². The van der Waals surface area contributed by atoms with Crippen LogP contribution in [0, 0.1) is 5.82 Å². The lowest BCUT2D eigenvalue weighted by molar-refractivity contribution is 0.190. The minimum atomic E-state index is -0.154. The summed E-state index contributed by atoms with van der Waals surface area (Å²) in [4.78, 5) is 2.59. The Morgan fingerprint density at radius 2 is 1.90 bits per heavy atom. The van der Waals surface area contributed by atoms with Crippen molar-refractivity contribution in [2.24, 2.45) is 0 Å². The zero-order valence-corrected chi connectivity index (χ0v) is 13.4. The molecular formula is C18H29FN2. The van der Waals surface area contributed by atoms with Crippen molar-refractivity contribution in [1.82, 2.24) is 10.2 Å². The molecule has 1 N–H and O–H groups in total. The maximum atomic E-state index is 12.9. The Morgan fingerprint density at radius 3 is 2.52 bits per heavy atom. The highest BCUT2D eigenvalue weighted by Crippen LogP contribution is 2.13. The summed E-state index contributed by atoms with van der Waals surface area (Å²) in [6.07, 6.45) is 6.07. The van der Waals surface area contributed by atoms with Crippen molar-refractivity contribution >= 4 is 0 Å². The lowest BCUT2D eigenvalue weighted by atomic mass is 10.0. The molecule has 1 fully saturated rings. The van der Waals surface area contributed by atoms with Gasteiger partial charge in [-0.05, 0) is 69.9 Å². The van der Waals surface area contributed by atoms with Crippen molar-refractivity contribution in [3.8, 4) is 0 Å². The van der Waals surface area contributed by atoms with Gasteiger partial charge in [-0.2, -0.15) is 0 Å². The van der Waals surface area contributed by atoms with Gasteiger partial charge in [0.25, 0.3) is 0 Å². The summed E-state index contributed by atoms with van der Waals surface area (Å²) in [5.74, 6) is -0.154. The molecule has 1 unspecified atom stereocenters. The lowest BCUT2D eigenvalue weighted by Gasteiger charge is -2.34. The Kier molecular flexibility index (Phi) is 6.65. The van der Waals surface area contributed by atoms with Crippen molar-refractivity contribution in [2.75, 3.05) is 19.6 Å². The normalized spacial score (nSPS) is 18.8. The highest BCUT2D eigenvalue weighted by Gasteiger charge is 2.19. The molecular weight excluding hydrogens is 263 g/mol. The molecule has 1 saturated heterocycles. The molecule has 2 nitrogen and oxygen atoms in total. The van der Waals surface area contributed by atoms with Crippen LogP contribution >= 0.6 is 0 Å². The van der Waals surface area contributed by atoms with Gasteiger partial charge in [0.05, 0.1) is 0 Å². The maximum absolute atomic E-state index is 12.9. The van der Waals surface area contributed by atoms with E-state index < -0.39 is 0 Å². The maximum Gasteiger partial charge on any atom is 0.123 e. The fraction of sp³-hybridized carbons (Fsp3) is 0.667. The Morgan fingerprint density at radius 1 is 1.24 bits per heavy atom. The van der Waals surface area contributed by atoms with Crippen LogP contribution in [-0.2, 0) is 6.42 Å². The first-order valence-electron chi connectivity index (χ1n) is 8.40. The highest BCUT2D eigenvalue weighted by molar-refractivity contribution is 5.17. The van der Waals surface area contributed by atoms with E-state index >= 15 is 0 Å². The lowest BCUT2D eigenvalue weighted by Crippen LogP contribution is -2.46. The summed E-state index contributed by atoms with van der Waals surface area (Å²) < 4.78 is 12.9. The number of unbranched alkanes of at least 4 members (excludes halogenated alkanes) is 1. The summed E-state index contributed by atoms with van der Waals surface area (Å²) in [5, 5.41) is 3.74. The Labute approximate surface area is 128 Å². The monoisotopic (exact) mass is 292 g/mol. The smallest absolute Gasteiger partial charge is 0.123 e. The van der Waals surface area contributed by atoms with E-state index in [0.717, 1.165) is 6.42 Å². The van der Waals surface area contributed by atoms with E-state index in [9.17, 15) is 4.39 Å². The summed E-state index contributed by atoms with van der Waals surface area (Å²) in [6.45, 7) is 8.19. The minimum Gasteiger partial charge on any atom is -0.311 e. The third-order valence-corrected chi connectivity index (χ3v) is 4.39. The molecule has 0 radical (unpaired) electrons. The van der Waals surface area contributed by atoms with Crippen molar-refractivity contribution in [3.63, 3.8) is 0 Å². The van der Waals surface area contributed by atoms with Crippen LogP contribution in [0.4, 0.5) is 4.39 Å². The fourth-order valence-electron chi connectivity index (χ4n) is 3.14. The quantitative estimate of drug-likeness (QED) is 0.826. The molecule has 1 aliphatic rings. The molecule has 3 heteroatoms. The van der Waals surface area contributed by atoms with E-state index in [2.05, 4.69) is 24.1 Å². The van der Waals surface area contributed by atoms with Gasteiger partial charge in [-0.1, -0.05) is 25.5 Å². The first-order valence-corrected chi connectivity index (χ1v) is 8.40. The molecule has 0 saturated carbocycles. The van der Waals surface area contributed by atoms with Gasteiger partial charge < -0.3 is 10.2 Å². The van der Waals surface area contributed by atoms with Gasteiger partial charge in [0.15, 0.2) is 0 Å². The molecule has 1 heterocycles. The van der Waals surface area contributed by atoms with Crippen molar-refractivity contribution < 1.29 is 4.39 Å². The molecule has 1 aromatic rings. The number of likely N-dealkylation sites (tertiary alicyclic amines) is 1. The Balaban J connectivity index is 1.69. The van der Waals surface area contributed by atoms with E-state index in [1.54, 1.807) is 12.1 Å². The number of rotatable bonds is 7. The minimum absolute atomic E-state index is 0.154. The number of benzene rings is 1. The molecule has 0 amide bonds. The van der Waals surface area contributed by atoms with Crippen LogP contribution in [0.1, 0.15) is 45.1 Å². The van der Waals surface area contributed by atoms with E-state index in [1.807, 2.05) is 12.1 Å². The zero-order chi connectivity index (χ0) is 15.1. The van der Waals surface area contributed by atoms with E-state index in [0.29, 0.717) is 12.1 Å². The van der Waals surface area contributed by atoms with Gasteiger partial charge in [-0.15, -0.1) is 0 Å². The summed E-state index contributed by atoms with van der Waals surface area (Å²) >= 11 is 0. The molecule has 0 aromatic heterocycles. The van der Waals surface area contributed by atoms with Crippen molar-refractivity contribution in [1.29, 1.82) is 0 Å². The summed E-state index contributed by atoms with van der Waals surface area (Å²) in [6, 6.07) is 7.96. The molecule has 1 aromatic carbocycles. The van der Waals surface area contributed by atoms with Gasteiger partial charge in [-0.25, -0.2) is 4.39 Å². The van der Waals surface area contributed by atoms with Crippen LogP contribution in [0.2, 0.25) is 0 Å². The standard InChI is InChI=1S/C18H29FN2/c1-3-4-11-21-12-9-18(10-13-21)20-15(2)14-16-5-7-17(19)8-6-16/h5-8,15,18,20H,3-4,9-14H2,1-2H3. The van der Waals surface area contributed by atoms with Gasteiger partial charge in [0, 0.05) is 12.1 Å². The van der Waals surface area contributed by atoms with Gasteiger partial charge >= 0.3 is 0 Å². The zero-order valence-electron chi connectivity index (χ0n) is 13.4. The first-order chi connectivity index (χ1) is 10.2. The van der Waals surface area contributed by atoms with Crippen LogP contribution in [0.5, 0.6) is 0 Å². The van der Waals surface area contributed by atoms with Crippen molar-refractivity contribution in [3.05, 3.63) is 35.6 Å². The Bertz CT molecular complexity index is 396. The molecule has 0 bridgehead atoms. The predicted molar refractivity (Wildman–Crippen MR) is 87.1 cm³/mol. The SMILES string of the molecule is CCCCN1CCC(NC(C)Cc2ccc(F)cc2)CC1. The molecule has 1 atom stereocenters. The number of hydrogen-bond donors (Lipinski definition) is 1. The number of nitrogens with zero attached hydrogens (tertiary/aromatic N) is 1. The van der Waals surface area contributed by atoms with E-state index in [1.165, 1.54) is 50.9 Å². The average molecular weight is 292 g/mol. The molecule has 1 aliphatic heterocycles. The number of hydrogen-bond acceptors (Lipinski definition) is 2. The molecule has 21 heavy (non-hydrogen) atoms. The van der Waals surface area contributed by atoms with Crippen LogP contribution in [0.25, 0.3) is 0 Å². The molecule has 2 rings (SSSR count). The number of halogens is 1.